The topological polar surface area (TPSA) is 54.5 Å². The molecule has 8 aromatic carbocycles. The number of aliphatic imine (C=N–C) groups is 1. The number of amidine groups is 1. The number of rotatable bonds is 5. The molecule has 4 heterocycles. The summed E-state index contributed by atoms with van der Waals surface area (Å²) in [5, 5.41) is 14.7. The van der Waals surface area contributed by atoms with Crippen molar-refractivity contribution in [2.45, 2.75) is 12.3 Å². The van der Waals surface area contributed by atoms with E-state index < -0.39 is 0 Å². The van der Waals surface area contributed by atoms with Gasteiger partial charge in [-0.2, -0.15) is 0 Å². The van der Waals surface area contributed by atoms with Gasteiger partial charge in [0, 0.05) is 53.0 Å². The van der Waals surface area contributed by atoms with Gasteiger partial charge in [0.1, 0.15) is 29.3 Å². The molecule has 0 saturated heterocycles. The molecule has 1 aliphatic heterocycles. The second-order valence-electron chi connectivity index (χ2n) is 14.8. The van der Waals surface area contributed by atoms with E-state index in [2.05, 4.69) is 185 Å². The minimum absolute atomic E-state index is 0.105. The number of furan rings is 1. The molecule has 57 heavy (non-hydrogen) atoms. The molecule has 0 spiro atoms. The van der Waals surface area contributed by atoms with E-state index >= 15 is 0 Å². The highest BCUT2D eigenvalue weighted by molar-refractivity contribution is 7.26. The first-order valence-electron chi connectivity index (χ1n) is 19.3. The molecule has 5 nitrogen and oxygen atoms in total. The van der Waals surface area contributed by atoms with Crippen LogP contribution in [0.2, 0.25) is 0 Å². The SMILES string of the molecule is c1ccc(C2N=C(c3ccc4oc5ccc(-c6cccc7sc8cc(-n9c%10ccccc%10c%10ccccc%109)ccc8c67)cc5c4c3)NC(c3ccccc3)N2)cc1. The van der Waals surface area contributed by atoms with E-state index in [-0.39, 0.29) is 12.3 Å². The molecule has 0 bridgehead atoms. The van der Waals surface area contributed by atoms with Crippen LogP contribution in [0.1, 0.15) is 29.0 Å². The van der Waals surface area contributed by atoms with Crippen molar-refractivity contribution in [3.63, 3.8) is 0 Å². The summed E-state index contributed by atoms with van der Waals surface area (Å²) in [6.07, 6.45) is -0.304. The number of hydrogen-bond donors (Lipinski definition) is 2. The Morgan fingerprint density at radius 3 is 1.89 bits per heavy atom. The number of thiophene rings is 1. The van der Waals surface area contributed by atoms with Crippen molar-refractivity contribution < 1.29 is 4.42 Å². The molecule has 0 amide bonds. The minimum Gasteiger partial charge on any atom is -0.456 e. The molecule has 1 aliphatic rings. The maximum absolute atomic E-state index is 6.45. The molecule has 0 radical (unpaired) electrons. The van der Waals surface area contributed by atoms with Gasteiger partial charge >= 0.3 is 0 Å². The highest BCUT2D eigenvalue weighted by Crippen LogP contribution is 2.43. The molecule has 270 valence electrons. The van der Waals surface area contributed by atoms with Crippen LogP contribution in [0.25, 0.3) is 80.7 Å². The summed E-state index contributed by atoms with van der Waals surface area (Å²) in [4.78, 5) is 5.21. The molecule has 0 saturated carbocycles. The molecule has 0 fully saturated rings. The number of benzene rings is 8. The van der Waals surface area contributed by atoms with Crippen LogP contribution in [0, 0.1) is 0 Å². The van der Waals surface area contributed by atoms with Gasteiger partial charge in [-0.15, -0.1) is 11.3 Å². The second kappa shape index (κ2) is 12.8. The summed E-state index contributed by atoms with van der Waals surface area (Å²) in [6, 6.07) is 65.0. The van der Waals surface area contributed by atoms with E-state index in [0.717, 1.165) is 50.0 Å². The zero-order chi connectivity index (χ0) is 37.5. The zero-order valence-electron chi connectivity index (χ0n) is 30.7. The summed E-state index contributed by atoms with van der Waals surface area (Å²) < 4.78 is 11.4. The lowest BCUT2D eigenvalue weighted by Crippen LogP contribution is -2.44. The summed E-state index contributed by atoms with van der Waals surface area (Å²) in [5.74, 6) is 0.846. The molecule has 2 N–H and O–H groups in total. The van der Waals surface area contributed by atoms with Crippen molar-refractivity contribution in [3.8, 4) is 16.8 Å². The Hall–Kier alpha value is -6.99. The fraction of sp³-hybridized carbons (Fsp3) is 0.0392. The van der Waals surface area contributed by atoms with Gasteiger partial charge in [-0.3, -0.25) is 5.32 Å². The minimum atomic E-state index is -0.199. The lowest BCUT2D eigenvalue weighted by atomic mass is 9.97. The fourth-order valence-electron chi connectivity index (χ4n) is 8.82. The van der Waals surface area contributed by atoms with Gasteiger partial charge in [-0.25, -0.2) is 4.99 Å². The number of aromatic nitrogens is 1. The van der Waals surface area contributed by atoms with Crippen LogP contribution in [0.15, 0.2) is 191 Å². The summed E-state index contributed by atoms with van der Waals surface area (Å²) in [7, 11) is 0. The molecule has 11 aromatic rings. The molecule has 6 heteroatoms. The maximum atomic E-state index is 6.45. The van der Waals surface area contributed by atoms with Crippen LogP contribution in [0.5, 0.6) is 0 Å². The van der Waals surface area contributed by atoms with E-state index in [9.17, 15) is 0 Å². The monoisotopic (exact) mass is 750 g/mol. The van der Waals surface area contributed by atoms with E-state index in [1.54, 1.807) is 0 Å². The van der Waals surface area contributed by atoms with Crippen LogP contribution < -0.4 is 10.6 Å². The third kappa shape index (κ3) is 5.22. The lowest BCUT2D eigenvalue weighted by molar-refractivity contribution is 0.409. The van der Waals surface area contributed by atoms with E-state index in [1.165, 1.54) is 53.2 Å². The van der Waals surface area contributed by atoms with Crippen molar-refractivity contribution in [3.05, 3.63) is 199 Å². The third-order valence-electron chi connectivity index (χ3n) is 11.5. The van der Waals surface area contributed by atoms with Gasteiger partial charge in [0.25, 0.3) is 0 Å². The summed E-state index contributed by atoms with van der Waals surface area (Å²) in [6.45, 7) is 0. The standard InChI is InChI=1S/C51H34N4OS/c1-3-12-31(13-4-1)49-52-50(32-14-5-2-6-15-32)54-51(53-49)34-23-27-45-41(29-34)40-28-33(22-26-44(40)56-45)36-18-11-21-46-48(36)39-25-24-35(30-47(39)57-46)55-42-19-9-7-16-37(42)38-17-8-10-20-43(38)55/h1-30,49-50,52H,(H,53,54). The number of para-hydroxylation sites is 2. The Balaban J connectivity index is 0.965. The number of fused-ring (bicyclic) bond motifs is 9. The zero-order valence-corrected chi connectivity index (χ0v) is 31.5. The summed E-state index contributed by atoms with van der Waals surface area (Å²) in [5.41, 5.74) is 11.0. The van der Waals surface area contributed by atoms with Gasteiger partial charge in [0.05, 0.1) is 11.0 Å². The van der Waals surface area contributed by atoms with Gasteiger partial charge < -0.3 is 14.3 Å². The van der Waals surface area contributed by atoms with Crippen LogP contribution in [0.4, 0.5) is 0 Å². The number of nitrogens with zero attached hydrogens (tertiary/aromatic N) is 2. The molecule has 12 rings (SSSR count). The lowest BCUT2D eigenvalue weighted by Gasteiger charge is -2.32. The first kappa shape index (κ1) is 32.3. The highest BCUT2D eigenvalue weighted by atomic mass is 32.1. The Morgan fingerprint density at radius 2 is 1.16 bits per heavy atom. The van der Waals surface area contributed by atoms with Gasteiger partial charge in [-0.05, 0) is 82.9 Å². The van der Waals surface area contributed by atoms with Crippen LogP contribution in [-0.4, -0.2) is 10.4 Å². The predicted molar refractivity (Wildman–Crippen MR) is 238 cm³/mol. The maximum Gasteiger partial charge on any atom is 0.135 e. The van der Waals surface area contributed by atoms with Crippen LogP contribution in [0.3, 0.4) is 0 Å². The Morgan fingerprint density at radius 1 is 0.509 bits per heavy atom. The molecule has 3 aromatic heterocycles. The first-order valence-corrected chi connectivity index (χ1v) is 20.2. The molecular formula is C51H34N4OS. The predicted octanol–water partition coefficient (Wildman–Crippen LogP) is 13.1. The largest absolute Gasteiger partial charge is 0.456 e. The van der Waals surface area contributed by atoms with Crippen LogP contribution >= 0.6 is 11.3 Å². The van der Waals surface area contributed by atoms with E-state index in [0.29, 0.717) is 0 Å². The quantitative estimate of drug-likeness (QED) is 0.184. The highest BCUT2D eigenvalue weighted by Gasteiger charge is 2.26. The summed E-state index contributed by atoms with van der Waals surface area (Å²) >= 11 is 1.86. The van der Waals surface area contributed by atoms with Gasteiger partial charge in [0.2, 0.25) is 0 Å². The van der Waals surface area contributed by atoms with Crippen molar-refractivity contribution in [2.75, 3.05) is 0 Å². The second-order valence-corrected chi connectivity index (χ2v) is 15.9. The van der Waals surface area contributed by atoms with E-state index in [1.807, 2.05) is 23.5 Å². The number of nitrogens with one attached hydrogen (secondary N) is 2. The first-order chi connectivity index (χ1) is 28.2. The molecular weight excluding hydrogens is 717 g/mol. The number of hydrogen-bond acceptors (Lipinski definition) is 5. The van der Waals surface area contributed by atoms with Crippen molar-refractivity contribution in [1.82, 2.24) is 15.2 Å². The van der Waals surface area contributed by atoms with Crippen molar-refractivity contribution in [1.29, 1.82) is 0 Å². The average Bonchev–Trinajstić information content (AvgIpc) is 3.95. The molecule has 0 aliphatic carbocycles. The fourth-order valence-corrected chi connectivity index (χ4v) is 9.98. The van der Waals surface area contributed by atoms with Crippen LogP contribution in [-0.2, 0) is 0 Å². The Kier molecular flexibility index (Phi) is 7.24. The molecule has 2 atom stereocenters. The third-order valence-corrected chi connectivity index (χ3v) is 12.6. The normalized spacial score (nSPS) is 15.9. The Labute approximate surface area is 332 Å². The van der Waals surface area contributed by atoms with Crippen molar-refractivity contribution in [2.24, 2.45) is 4.99 Å². The van der Waals surface area contributed by atoms with E-state index in [4.69, 9.17) is 9.41 Å². The smallest absolute Gasteiger partial charge is 0.135 e. The van der Waals surface area contributed by atoms with Gasteiger partial charge in [0.15, 0.2) is 0 Å². The Bertz CT molecular complexity index is 3320. The van der Waals surface area contributed by atoms with Gasteiger partial charge in [-0.1, -0.05) is 121 Å². The van der Waals surface area contributed by atoms with Crippen molar-refractivity contribution >= 4 is 81.1 Å². The molecule has 2 unspecified atom stereocenters. The average molecular weight is 751 g/mol.